The van der Waals surface area contributed by atoms with E-state index in [-0.39, 0.29) is 11.2 Å². The topological polar surface area (TPSA) is 78.7 Å². The van der Waals surface area contributed by atoms with Crippen molar-refractivity contribution in [1.29, 1.82) is 5.26 Å². The van der Waals surface area contributed by atoms with Crippen LogP contribution in [-0.2, 0) is 17.6 Å². The lowest BCUT2D eigenvalue weighted by atomic mass is 9.87. The van der Waals surface area contributed by atoms with E-state index in [1.165, 1.54) is 28.7 Å². The van der Waals surface area contributed by atoms with Crippen LogP contribution in [-0.4, -0.2) is 21.1 Å². The molecule has 31 heavy (non-hydrogen) atoms. The summed E-state index contributed by atoms with van der Waals surface area (Å²) in [6.45, 7) is 4.21. The smallest absolute Gasteiger partial charge is 0.239 e. The fourth-order valence-electron chi connectivity index (χ4n) is 3.71. The van der Waals surface area contributed by atoms with E-state index in [1.807, 2.05) is 48.7 Å². The molecule has 158 valence electrons. The molecule has 2 atom stereocenters. The lowest BCUT2D eigenvalue weighted by molar-refractivity contribution is -0.115. The van der Waals surface area contributed by atoms with Gasteiger partial charge in [-0.1, -0.05) is 55.9 Å². The van der Waals surface area contributed by atoms with Crippen molar-refractivity contribution < 1.29 is 4.79 Å². The third kappa shape index (κ3) is 4.97. The van der Waals surface area contributed by atoms with Crippen molar-refractivity contribution in [3.05, 3.63) is 58.6 Å². The number of nitrogens with zero attached hydrogens (tertiary/aromatic N) is 3. The summed E-state index contributed by atoms with van der Waals surface area (Å²) in [5, 5.41) is 15.4. The predicted octanol–water partition coefficient (Wildman–Crippen LogP) is 5.71. The average Bonchev–Trinajstić information content (AvgIpc) is 3.25. The first-order valence-corrected chi connectivity index (χ1v) is 12.2. The van der Waals surface area contributed by atoms with E-state index in [4.69, 9.17) is 4.98 Å². The second-order valence-electron chi connectivity index (χ2n) is 7.81. The molecule has 1 aromatic carbocycles. The Labute approximate surface area is 190 Å². The van der Waals surface area contributed by atoms with Gasteiger partial charge in [0, 0.05) is 16.6 Å². The summed E-state index contributed by atoms with van der Waals surface area (Å²) in [7, 11) is 0. The zero-order valence-corrected chi connectivity index (χ0v) is 19.2. The van der Waals surface area contributed by atoms with Gasteiger partial charge >= 0.3 is 0 Å². The number of carbonyl (C=O) groups is 1. The van der Waals surface area contributed by atoms with Gasteiger partial charge in [-0.2, -0.15) is 5.26 Å². The quantitative estimate of drug-likeness (QED) is 0.489. The van der Waals surface area contributed by atoms with Crippen LogP contribution in [0.15, 0.2) is 46.8 Å². The molecule has 0 radical (unpaired) electrons. The first-order valence-electron chi connectivity index (χ1n) is 10.5. The molecule has 4 rings (SSSR count). The number of carbonyl (C=O) groups excluding carboxylic acids is 1. The Kier molecular flexibility index (Phi) is 6.69. The number of hydrogen-bond acceptors (Lipinski definition) is 6. The van der Waals surface area contributed by atoms with E-state index in [0.29, 0.717) is 28.1 Å². The standard InChI is InChI=1S/C24H24N4OS2/c1-3-21(22(29)28-24-27-20(14-30-24)16-7-5-4-6-8-16)31-23-18(13-25)12-17-11-15(2)9-10-19(17)26-23/h4-8,12,14-15,21H,3,9-11H2,1-2H3,(H,27,28,29). The van der Waals surface area contributed by atoms with Crippen LogP contribution in [0.5, 0.6) is 0 Å². The molecule has 2 aromatic heterocycles. The number of fused-ring (bicyclic) bond motifs is 1. The average molecular weight is 449 g/mol. The van der Waals surface area contributed by atoms with Crippen molar-refractivity contribution in [3.63, 3.8) is 0 Å². The van der Waals surface area contributed by atoms with Crippen molar-refractivity contribution in [2.24, 2.45) is 5.92 Å². The fraction of sp³-hybridized carbons (Fsp3) is 0.333. The highest BCUT2D eigenvalue weighted by Gasteiger charge is 2.24. The molecule has 2 unspecified atom stereocenters. The van der Waals surface area contributed by atoms with Gasteiger partial charge in [-0.05, 0) is 43.2 Å². The minimum Gasteiger partial charge on any atom is -0.301 e. The van der Waals surface area contributed by atoms with Crippen LogP contribution in [0.3, 0.4) is 0 Å². The molecular weight excluding hydrogens is 424 g/mol. The minimum absolute atomic E-state index is 0.113. The molecular formula is C24H24N4OS2. The molecule has 0 fully saturated rings. The number of nitriles is 1. The number of aryl methyl sites for hydroxylation is 1. The number of aromatic nitrogens is 2. The first-order chi connectivity index (χ1) is 15.1. The lowest BCUT2D eigenvalue weighted by Gasteiger charge is -2.22. The van der Waals surface area contributed by atoms with Crippen LogP contribution in [0.2, 0.25) is 0 Å². The van der Waals surface area contributed by atoms with Gasteiger partial charge < -0.3 is 5.32 Å². The Hall–Kier alpha value is -2.69. The number of anilines is 1. The Bertz CT molecular complexity index is 1120. The highest BCUT2D eigenvalue weighted by molar-refractivity contribution is 8.00. The minimum atomic E-state index is -0.343. The van der Waals surface area contributed by atoms with Crippen molar-refractivity contribution >= 4 is 34.1 Å². The molecule has 1 aliphatic carbocycles. The summed E-state index contributed by atoms with van der Waals surface area (Å²) in [6, 6.07) is 14.1. The number of amides is 1. The van der Waals surface area contributed by atoms with Gasteiger partial charge in [0.2, 0.25) is 5.91 Å². The van der Waals surface area contributed by atoms with Gasteiger partial charge in [-0.3, -0.25) is 4.79 Å². The summed E-state index contributed by atoms with van der Waals surface area (Å²) in [4.78, 5) is 22.3. The number of hydrogen-bond donors (Lipinski definition) is 1. The van der Waals surface area contributed by atoms with Crippen LogP contribution in [0.25, 0.3) is 11.3 Å². The second kappa shape index (κ2) is 9.63. The van der Waals surface area contributed by atoms with Crippen LogP contribution >= 0.6 is 23.1 Å². The van der Waals surface area contributed by atoms with Gasteiger partial charge in [0.05, 0.1) is 16.5 Å². The molecule has 1 N–H and O–H groups in total. The second-order valence-corrected chi connectivity index (χ2v) is 9.86. The van der Waals surface area contributed by atoms with Gasteiger partial charge in [-0.15, -0.1) is 11.3 Å². The lowest BCUT2D eigenvalue weighted by Crippen LogP contribution is -2.25. The molecule has 3 aromatic rings. The third-order valence-electron chi connectivity index (χ3n) is 5.44. The zero-order chi connectivity index (χ0) is 21.8. The maximum Gasteiger partial charge on any atom is 0.239 e. The summed E-state index contributed by atoms with van der Waals surface area (Å²) in [6.07, 6.45) is 3.64. The molecule has 1 amide bonds. The monoisotopic (exact) mass is 448 g/mol. The Balaban J connectivity index is 1.49. The number of thioether (sulfide) groups is 1. The van der Waals surface area contributed by atoms with Gasteiger partial charge in [0.15, 0.2) is 5.13 Å². The van der Waals surface area contributed by atoms with Crippen molar-refractivity contribution in [2.75, 3.05) is 5.32 Å². The number of rotatable bonds is 6. The SMILES string of the molecule is CCC(Sc1nc2c(cc1C#N)CC(C)CC2)C(=O)Nc1nc(-c2ccccc2)cs1. The van der Waals surface area contributed by atoms with Crippen LogP contribution < -0.4 is 5.32 Å². The van der Waals surface area contributed by atoms with E-state index in [0.717, 1.165) is 36.2 Å². The number of benzene rings is 1. The summed E-state index contributed by atoms with van der Waals surface area (Å²) in [5.41, 5.74) is 4.67. The molecule has 2 heterocycles. The highest BCUT2D eigenvalue weighted by atomic mass is 32.2. The third-order valence-corrected chi connectivity index (χ3v) is 7.56. The molecule has 1 aliphatic rings. The van der Waals surface area contributed by atoms with E-state index in [9.17, 15) is 10.1 Å². The van der Waals surface area contributed by atoms with E-state index < -0.39 is 0 Å². The molecule has 0 spiro atoms. The van der Waals surface area contributed by atoms with Crippen molar-refractivity contribution in [3.8, 4) is 17.3 Å². The zero-order valence-electron chi connectivity index (χ0n) is 17.6. The number of thiazole rings is 1. The van der Waals surface area contributed by atoms with Gasteiger partial charge in [-0.25, -0.2) is 9.97 Å². The first kappa shape index (κ1) is 21.5. The molecule has 0 bridgehead atoms. The Morgan fingerprint density at radius 3 is 2.90 bits per heavy atom. The number of nitrogens with one attached hydrogen (secondary N) is 1. The van der Waals surface area contributed by atoms with E-state index in [1.54, 1.807) is 0 Å². The summed E-state index contributed by atoms with van der Waals surface area (Å²) in [5.74, 6) is 0.506. The summed E-state index contributed by atoms with van der Waals surface area (Å²) >= 11 is 2.79. The normalized spacial score (nSPS) is 16.2. The molecule has 0 aliphatic heterocycles. The molecule has 5 nitrogen and oxygen atoms in total. The van der Waals surface area contributed by atoms with Gasteiger partial charge in [0.1, 0.15) is 11.1 Å². The van der Waals surface area contributed by atoms with Crippen molar-refractivity contribution in [1.82, 2.24) is 9.97 Å². The Morgan fingerprint density at radius 1 is 1.35 bits per heavy atom. The Morgan fingerprint density at radius 2 is 2.16 bits per heavy atom. The fourth-order valence-corrected chi connectivity index (χ4v) is 5.43. The maximum absolute atomic E-state index is 12.9. The van der Waals surface area contributed by atoms with E-state index in [2.05, 4.69) is 23.3 Å². The van der Waals surface area contributed by atoms with Gasteiger partial charge in [0.25, 0.3) is 0 Å². The maximum atomic E-state index is 12.9. The predicted molar refractivity (Wildman–Crippen MR) is 126 cm³/mol. The van der Waals surface area contributed by atoms with E-state index >= 15 is 0 Å². The molecule has 0 saturated carbocycles. The highest BCUT2D eigenvalue weighted by Crippen LogP contribution is 2.33. The van der Waals surface area contributed by atoms with Crippen molar-refractivity contribution in [2.45, 2.75) is 49.8 Å². The van der Waals surface area contributed by atoms with Crippen LogP contribution in [0, 0.1) is 17.2 Å². The van der Waals surface area contributed by atoms with Crippen LogP contribution in [0.4, 0.5) is 5.13 Å². The molecule has 0 saturated heterocycles. The number of pyridine rings is 1. The van der Waals surface area contributed by atoms with Crippen LogP contribution in [0.1, 0.15) is 43.5 Å². The largest absolute Gasteiger partial charge is 0.301 e. The summed E-state index contributed by atoms with van der Waals surface area (Å²) < 4.78 is 0. The molecule has 7 heteroatoms.